The smallest absolute Gasteiger partial charge is 0.241 e. The van der Waals surface area contributed by atoms with Gasteiger partial charge in [-0.15, -0.1) is 0 Å². The van der Waals surface area contributed by atoms with Crippen LogP contribution in [0.4, 0.5) is 5.69 Å². The normalized spacial score (nSPS) is 14.2. The number of likely N-dealkylation sites (N-methyl/N-ethyl adjacent to an activating group) is 1. The van der Waals surface area contributed by atoms with Crippen LogP contribution in [-0.4, -0.2) is 37.1 Å². The molecule has 1 aliphatic rings. The van der Waals surface area contributed by atoms with Gasteiger partial charge in [-0.05, 0) is 56.3 Å². The van der Waals surface area contributed by atoms with E-state index in [-0.39, 0.29) is 11.9 Å². The molecule has 0 bridgehead atoms. The Balaban J connectivity index is 1.62. The topological polar surface area (TPSA) is 50.8 Å². The lowest BCUT2D eigenvalue weighted by Crippen LogP contribution is -2.39. The standard InChI is InChI=1S/C20H24N2O3/c1-14-5-4-6-17(11-14)21-20(23)15(2)22(3)13-16-7-8-18-19(12-16)25-10-9-24-18/h4-8,11-12,15H,9-10,13H2,1-3H3,(H,21,23). The summed E-state index contributed by atoms with van der Waals surface area (Å²) in [7, 11) is 1.94. The van der Waals surface area contributed by atoms with E-state index in [2.05, 4.69) is 5.32 Å². The monoisotopic (exact) mass is 340 g/mol. The second-order valence-electron chi connectivity index (χ2n) is 6.43. The van der Waals surface area contributed by atoms with Crippen molar-refractivity contribution >= 4 is 11.6 Å². The van der Waals surface area contributed by atoms with Gasteiger partial charge in [0.25, 0.3) is 0 Å². The fourth-order valence-electron chi connectivity index (χ4n) is 2.78. The van der Waals surface area contributed by atoms with Crippen LogP contribution in [0, 0.1) is 6.92 Å². The summed E-state index contributed by atoms with van der Waals surface area (Å²) in [5.41, 5.74) is 3.03. The Hall–Kier alpha value is -2.53. The highest BCUT2D eigenvalue weighted by molar-refractivity contribution is 5.94. The Morgan fingerprint density at radius 2 is 1.92 bits per heavy atom. The van der Waals surface area contributed by atoms with Crippen molar-refractivity contribution in [3.63, 3.8) is 0 Å². The maximum Gasteiger partial charge on any atom is 0.241 e. The van der Waals surface area contributed by atoms with Crippen molar-refractivity contribution in [1.29, 1.82) is 0 Å². The van der Waals surface area contributed by atoms with Crippen LogP contribution >= 0.6 is 0 Å². The Morgan fingerprint density at radius 3 is 2.68 bits per heavy atom. The van der Waals surface area contributed by atoms with Gasteiger partial charge in [-0.3, -0.25) is 9.69 Å². The van der Waals surface area contributed by atoms with Gasteiger partial charge in [0.2, 0.25) is 5.91 Å². The van der Waals surface area contributed by atoms with Gasteiger partial charge in [-0.2, -0.15) is 0 Å². The van der Waals surface area contributed by atoms with E-state index in [0.717, 1.165) is 28.3 Å². The maximum atomic E-state index is 12.5. The first kappa shape index (κ1) is 17.3. The lowest BCUT2D eigenvalue weighted by Gasteiger charge is -2.25. The minimum absolute atomic E-state index is 0.0226. The largest absolute Gasteiger partial charge is 0.486 e. The number of carbonyl (C=O) groups excluding carboxylic acids is 1. The molecule has 0 saturated carbocycles. The number of nitrogens with one attached hydrogen (secondary N) is 1. The minimum atomic E-state index is -0.256. The van der Waals surface area contributed by atoms with Crippen molar-refractivity contribution in [2.24, 2.45) is 0 Å². The molecule has 0 aromatic heterocycles. The average molecular weight is 340 g/mol. The highest BCUT2D eigenvalue weighted by atomic mass is 16.6. The molecule has 0 radical (unpaired) electrons. The molecular weight excluding hydrogens is 316 g/mol. The van der Waals surface area contributed by atoms with E-state index in [1.165, 1.54) is 0 Å². The molecule has 0 fully saturated rings. The number of carbonyl (C=O) groups is 1. The van der Waals surface area contributed by atoms with Crippen molar-refractivity contribution in [2.45, 2.75) is 26.4 Å². The van der Waals surface area contributed by atoms with Crippen LogP contribution in [0.1, 0.15) is 18.1 Å². The molecular formula is C20H24N2O3. The molecule has 1 aliphatic heterocycles. The SMILES string of the molecule is Cc1cccc(NC(=O)C(C)N(C)Cc2ccc3c(c2)OCCO3)c1. The van der Waals surface area contributed by atoms with E-state index < -0.39 is 0 Å². The van der Waals surface area contributed by atoms with E-state index in [1.807, 2.05) is 68.3 Å². The summed E-state index contributed by atoms with van der Waals surface area (Å²) in [5, 5.41) is 2.97. The van der Waals surface area contributed by atoms with Crippen molar-refractivity contribution in [1.82, 2.24) is 4.90 Å². The highest BCUT2D eigenvalue weighted by Gasteiger charge is 2.19. The Kier molecular flexibility index (Phi) is 5.24. The number of hydrogen-bond acceptors (Lipinski definition) is 4. The zero-order valence-corrected chi connectivity index (χ0v) is 14.9. The Bertz CT molecular complexity index is 760. The first-order valence-corrected chi connectivity index (χ1v) is 8.49. The molecule has 1 N–H and O–H groups in total. The molecule has 0 aliphatic carbocycles. The van der Waals surface area contributed by atoms with Crippen molar-refractivity contribution in [3.8, 4) is 11.5 Å². The molecule has 0 saturated heterocycles. The van der Waals surface area contributed by atoms with Crippen LogP contribution in [0.2, 0.25) is 0 Å². The van der Waals surface area contributed by atoms with Crippen LogP contribution in [0.5, 0.6) is 11.5 Å². The Morgan fingerprint density at radius 1 is 1.16 bits per heavy atom. The quantitative estimate of drug-likeness (QED) is 0.908. The third-order valence-corrected chi connectivity index (χ3v) is 4.36. The van der Waals surface area contributed by atoms with E-state index in [1.54, 1.807) is 0 Å². The predicted octanol–water partition coefficient (Wildman–Crippen LogP) is 3.23. The predicted molar refractivity (Wildman–Crippen MR) is 98.2 cm³/mol. The van der Waals surface area contributed by atoms with Crippen molar-refractivity contribution < 1.29 is 14.3 Å². The molecule has 0 spiro atoms. The fourth-order valence-corrected chi connectivity index (χ4v) is 2.78. The molecule has 2 aromatic carbocycles. The number of benzene rings is 2. The van der Waals surface area contributed by atoms with Gasteiger partial charge in [0.05, 0.1) is 6.04 Å². The third-order valence-electron chi connectivity index (χ3n) is 4.36. The second kappa shape index (κ2) is 7.57. The van der Waals surface area contributed by atoms with Gasteiger partial charge in [-0.25, -0.2) is 0 Å². The number of rotatable bonds is 5. The number of nitrogens with zero attached hydrogens (tertiary/aromatic N) is 1. The fraction of sp³-hybridized carbons (Fsp3) is 0.350. The molecule has 1 atom stereocenters. The molecule has 1 heterocycles. The van der Waals surface area contributed by atoms with E-state index in [9.17, 15) is 4.79 Å². The number of ether oxygens (including phenoxy) is 2. The van der Waals surface area contributed by atoms with Gasteiger partial charge in [0.1, 0.15) is 13.2 Å². The van der Waals surface area contributed by atoms with E-state index in [0.29, 0.717) is 19.8 Å². The lowest BCUT2D eigenvalue weighted by atomic mass is 10.1. The lowest BCUT2D eigenvalue weighted by molar-refractivity contribution is -0.120. The summed E-state index contributed by atoms with van der Waals surface area (Å²) >= 11 is 0. The van der Waals surface area contributed by atoms with E-state index >= 15 is 0 Å². The van der Waals surface area contributed by atoms with Gasteiger partial charge < -0.3 is 14.8 Å². The summed E-state index contributed by atoms with van der Waals surface area (Å²) in [6.07, 6.45) is 0. The van der Waals surface area contributed by atoms with Gasteiger partial charge in [0.15, 0.2) is 11.5 Å². The zero-order valence-electron chi connectivity index (χ0n) is 14.9. The molecule has 2 aromatic rings. The van der Waals surface area contributed by atoms with Crippen molar-refractivity contribution in [3.05, 3.63) is 53.6 Å². The molecule has 1 unspecified atom stereocenters. The molecule has 5 heteroatoms. The summed E-state index contributed by atoms with van der Waals surface area (Å²) in [6, 6.07) is 13.5. The zero-order chi connectivity index (χ0) is 17.8. The van der Waals surface area contributed by atoms with Gasteiger partial charge >= 0.3 is 0 Å². The Labute approximate surface area is 148 Å². The van der Waals surface area contributed by atoms with E-state index in [4.69, 9.17) is 9.47 Å². The second-order valence-corrected chi connectivity index (χ2v) is 6.43. The van der Waals surface area contributed by atoms with Crippen LogP contribution in [0.25, 0.3) is 0 Å². The minimum Gasteiger partial charge on any atom is -0.486 e. The van der Waals surface area contributed by atoms with Crippen LogP contribution < -0.4 is 14.8 Å². The van der Waals surface area contributed by atoms with Crippen LogP contribution in [0.3, 0.4) is 0 Å². The summed E-state index contributed by atoms with van der Waals surface area (Å²) in [4.78, 5) is 14.5. The maximum absolute atomic E-state index is 12.5. The first-order valence-electron chi connectivity index (χ1n) is 8.49. The third kappa shape index (κ3) is 4.31. The molecule has 132 valence electrons. The summed E-state index contributed by atoms with van der Waals surface area (Å²) in [5.74, 6) is 1.53. The molecule has 25 heavy (non-hydrogen) atoms. The number of hydrogen-bond donors (Lipinski definition) is 1. The molecule has 3 rings (SSSR count). The summed E-state index contributed by atoms with van der Waals surface area (Å²) < 4.78 is 11.2. The number of anilines is 1. The molecule has 1 amide bonds. The van der Waals surface area contributed by atoms with Crippen molar-refractivity contribution in [2.75, 3.05) is 25.6 Å². The summed E-state index contributed by atoms with van der Waals surface area (Å²) in [6.45, 7) is 5.72. The van der Waals surface area contributed by atoms with Gasteiger partial charge in [-0.1, -0.05) is 18.2 Å². The van der Waals surface area contributed by atoms with Crippen LogP contribution in [-0.2, 0) is 11.3 Å². The van der Waals surface area contributed by atoms with Crippen LogP contribution in [0.15, 0.2) is 42.5 Å². The number of aryl methyl sites for hydroxylation is 1. The number of amides is 1. The molecule has 5 nitrogen and oxygen atoms in total. The highest BCUT2D eigenvalue weighted by Crippen LogP contribution is 2.31. The average Bonchev–Trinajstić information content (AvgIpc) is 2.61. The number of fused-ring (bicyclic) bond motifs is 1. The van der Waals surface area contributed by atoms with Gasteiger partial charge in [0, 0.05) is 12.2 Å². The first-order chi connectivity index (χ1) is 12.0.